The van der Waals surface area contributed by atoms with E-state index in [1.54, 1.807) is 30.5 Å². The van der Waals surface area contributed by atoms with E-state index in [9.17, 15) is 0 Å². The van der Waals surface area contributed by atoms with Crippen molar-refractivity contribution in [1.82, 2.24) is 4.98 Å². The minimum Gasteiger partial charge on any atom is -0.437 e. The summed E-state index contributed by atoms with van der Waals surface area (Å²) >= 11 is 11.9. The van der Waals surface area contributed by atoms with Gasteiger partial charge in [-0.1, -0.05) is 23.2 Å². The van der Waals surface area contributed by atoms with Gasteiger partial charge in [0.2, 0.25) is 5.88 Å². The number of nitrogens with two attached hydrogens (primary N) is 1. The van der Waals surface area contributed by atoms with Crippen LogP contribution in [0.5, 0.6) is 11.6 Å². The normalized spacial score (nSPS) is 12.2. The lowest BCUT2D eigenvalue weighted by Gasteiger charge is -2.09. The topological polar surface area (TPSA) is 48.1 Å². The van der Waals surface area contributed by atoms with Crippen LogP contribution in [-0.4, -0.2) is 4.98 Å². The van der Waals surface area contributed by atoms with E-state index in [0.717, 1.165) is 5.56 Å². The van der Waals surface area contributed by atoms with Crippen LogP contribution in [0.1, 0.15) is 18.5 Å². The first-order valence-electron chi connectivity index (χ1n) is 5.40. The summed E-state index contributed by atoms with van der Waals surface area (Å²) in [6.07, 6.45) is 1.65. The van der Waals surface area contributed by atoms with Crippen LogP contribution >= 0.6 is 23.2 Å². The summed E-state index contributed by atoms with van der Waals surface area (Å²) in [4.78, 5) is 4.11. The fourth-order valence-electron chi connectivity index (χ4n) is 1.43. The fraction of sp³-hybridized carbons (Fsp3) is 0.154. The van der Waals surface area contributed by atoms with Gasteiger partial charge in [0.25, 0.3) is 0 Å². The summed E-state index contributed by atoms with van der Waals surface area (Å²) in [7, 11) is 0. The average molecular weight is 283 g/mol. The zero-order valence-electron chi connectivity index (χ0n) is 9.73. The van der Waals surface area contributed by atoms with Crippen molar-refractivity contribution in [2.75, 3.05) is 0 Å². The lowest BCUT2D eigenvalue weighted by Crippen LogP contribution is -2.05. The zero-order valence-corrected chi connectivity index (χ0v) is 11.2. The summed E-state index contributed by atoms with van der Waals surface area (Å²) in [5, 5.41) is 1.03. The summed E-state index contributed by atoms with van der Waals surface area (Å²) in [6, 6.07) is 8.56. The fourth-order valence-corrected chi connectivity index (χ4v) is 1.75. The van der Waals surface area contributed by atoms with Gasteiger partial charge in [-0.25, -0.2) is 4.98 Å². The lowest BCUT2D eigenvalue weighted by atomic mass is 10.1. The average Bonchev–Trinajstić information content (AvgIpc) is 2.34. The number of hydrogen-bond donors (Lipinski definition) is 1. The molecule has 0 saturated heterocycles. The van der Waals surface area contributed by atoms with Gasteiger partial charge in [-0.05, 0) is 30.7 Å². The number of rotatable bonds is 3. The van der Waals surface area contributed by atoms with Crippen LogP contribution in [0.2, 0.25) is 10.0 Å². The molecule has 2 N–H and O–H groups in total. The van der Waals surface area contributed by atoms with E-state index in [2.05, 4.69) is 4.98 Å². The summed E-state index contributed by atoms with van der Waals surface area (Å²) in [5.74, 6) is 0.910. The van der Waals surface area contributed by atoms with Crippen LogP contribution in [0.15, 0.2) is 36.5 Å². The van der Waals surface area contributed by atoms with Crippen molar-refractivity contribution in [3.05, 3.63) is 52.1 Å². The second-order valence-electron chi connectivity index (χ2n) is 3.89. The molecule has 2 rings (SSSR count). The molecule has 5 heteroatoms. The first kappa shape index (κ1) is 13.1. The molecule has 0 unspecified atom stereocenters. The van der Waals surface area contributed by atoms with Crippen molar-refractivity contribution >= 4 is 23.2 Å². The Morgan fingerprint density at radius 2 is 2.00 bits per heavy atom. The van der Waals surface area contributed by atoms with Gasteiger partial charge in [-0.2, -0.15) is 0 Å². The number of pyridine rings is 1. The second-order valence-corrected chi connectivity index (χ2v) is 4.74. The number of aromatic nitrogens is 1. The Morgan fingerprint density at radius 3 is 2.72 bits per heavy atom. The Balaban J connectivity index is 2.28. The molecule has 1 aromatic heterocycles. The molecule has 0 amide bonds. The quantitative estimate of drug-likeness (QED) is 0.918. The van der Waals surface area contributed by atoms with Crippen molar-refractivity contribution in [2.24, 2.45) is 5.73 Å². The van der Waals surface area contributed by atoms with E-state index in [0.29, 0.717) is 21.7 Å². The highest BCUT2D eigenvalue weighted by Crippen LogP contribution is 2.31. The highest BCUT2D eigenvalue weighted by molar-refractivity contribution is 6.34. The van der Waals surface area contributed by atoms with E-state index in [1.807, 2.05) is 13.0 Å². The van der Waals surface area contributed by atoms with Crippen LogP contribution < -0.4 is 10.5 Å². The molecule has 0 fully saturated rings. The monoisotopic (exact) mass is 282 g/mol. The second kappa shape index (κ2) is 5.57. The maximum absolute atomic E-state index is 6.01. The first-order chi connectivity index (χ1) is 8.56. The predicted octanol–water partition coefficient (Wildman–Crippen LogP) is 4.20. The largest absolute Gasteiger partial charge is 0.437 e. The molecule has 1 heterocycles. The van der Waals surface area contributed by atoms with E-state index in [1.165, 1.54) is 0 Å². The number of hydrogen-bond acceptors (Lipinski definition) is 3. The van der Waals surface area contributed by atoms with E-state index in [-0.39, 0.29) is 6.04 Å². The van der Waals surface area contributed by atoms with Crippen LogP contribution in [0.25, 0.3) is 0 Å². The molecule has 0 radical (unpaired) electrons. The molecule has 2 aromatic rings. The maximum Gasteiger partial charge on any atom is 0.219 e. The van der Waals surface area contributed by atoms with Crippen LogP contribution in [0.4, 0.5) is 0 Å². The van der Waals surface area contributed by atoms with E-state index >= 15 is 0 Å². The number of benzene rings is 1. The van der Waals surface area contributed by atoms with E-state index in [4.69, 9.17) is 33.7 Å². The molecule has 3 nitrogen and oxygen atoms in total. The molecule has 1 aromatic carbocycles. The van der Waals surface area contributed by atoms with Gasteiger partial charge in [0.1, 0.15) is 5.75 Å². The molecule has 94 valence electrons. The Bertz CT molecular complexity index is 558. The van der Waals surface area contributed by atoms with Gasteiger partial charge in [0.15, 0.2) is 0 Å². The highest BCUT2D eigenvalue weighted by atomic mass is 35.5. The third-order valence-electron chi connectivity index (χ3n) is 2.39. The highest BCUT2D eigenvalue weighted by Gasteiger charge is 2.07. The maximum atomic E-state index is 6.01. The Kier molecular flexibility index (Phi) is 4.07. The molecule has 18 heavy (non-hydrogen) atoms. The zero-order chi connectivity index (χ0) is 13.1. The van der Waals surface area contributed by atoms with Crippen LogP contribution in [-0.2, 0) is 0 Å². The van der Waals surface area contributed by atoms with Gasteiger partial charge in [0.05, 0.1) is 5.02 Å². The van der Waals surface area contributed by atoms with Crippen LogP contribution in [0.3, 0.4) is 0 Å². The Labute approximate surface area is 115 Å². The van der Waals surface area contributed by atoms with Gasteiger partial charge in [-0.3, -0.25) is 0 Å². The third kappa shape index (κ3) is 3.13. The molecule has 0 bridgehead atoms. The third-order valence-corrected chi connectivity index (χ3v) is 2.94. The molecular weight excluding hydrogens is 271 g/mol. The molecular formula is C13H12Cl2N2O. The van der Waals surface area contributed by atoms with Crippen molar-refractivity contribution < 1.29 is 4.74 Å². The van der Waals surface area contributed by atoms with Crippen LogP contribution in [0, 0.1) is 0 Å². The smallest absolute Gasteiger partial charge is 0.219 e. The SMILES string of the molecule is C[C@@H](N)c1ccnc(Oc2cc(Cl)ccc2Cl)c1. The van der Waals surface area contributed by atoms with Crippen molar-refractivity contribution in [1.29, 1.82) is 0 Å². The van der Waals surface area contributed by atoms with Gasteiger partial charge in [0, 0.05) is 29.4 Å². The van der Waals surface area contributed by atoms with Gasteiger partial charge in [-0.15, -0.1) is 0 Å². The molecule has 0 saturated carbocycles. The summed E-state index contributed by atoms with van der Waals surface area (Å²) in [5.41, 5.74) is 6.74. The van der Waals surface area contributed by atoms with Crippen molar-refractivity contribution in [2.45, 2.75) is 13.0 Å². The number of nitrogens with zero attached hydrogens (tertiary/aromatic N) is 1. The lowest BCUT2D eigenvalue weighted by molar-refractivity contribution is 0.462. The molecule has 0 spiro atoms. The minimum atomic E-state index is -0.0785. The molecule has 0 aliphatic carbocycles. The number of halogens is 2. The summed E-state index contributed by atoms with van der Waals surface area (Å²) < 4.78 is 5.60. The molecule has 1 atom stereocenters. The standard InChI is InChI=1S/C13H12Cl2N2O/c1-8(16)9-4-5-17-13(6-9)18-12-7-10(14)2-3-11(12)15/h2-8H,16H2,1H3/t8-/m1/s1. The molecule has 0 aliphatic heterocycles. The molecule has 0 aliphatic rings. The van der Waals surface area contributed by atoms with Gasteiger partial charge >= 0.3 is 0 Å². The number of ether oxygens (including phenoxy) is 1. The van der Waals surface area contributed by atoms with Crippen molar-refractivity contribution in [3.63, 3.8) is 0 Å². The van der Waals surface area contributed by atoms with Gasteiger partial charge < -0.3 is 10.5 Å². The first-order valence-corrected chi connectivity index (χ1v) is 6.16. The van der Waals surface area contributed by atoms with Crippen molar-refractivity contribution in [3.8, 4) is 11.6 Å². The Hall–Kier alpha value is -1.29. The Morgan fingerprint density at radius 1 is 1.22 bits per heavy atom. The summed E-state index contributed by atoms with van der Waals surface area (Å²) in [6.45, 7) is 1.89. The van der Waals surface area contributed by atoms with E-state index < -0.39 is 0 Å². The minimum absolute atomic E-state index is 0.0785. The predicted molar refractivity (Wildman–Crippen MR) is 73.4 cm³/mol.